The van der Waals surface area contributed by atoms with Gasteiger partial charge in [-0.05, 0) is 7.05 Å². The van der Waals surface area contributed by atoms with Gasteiger partial charge in [-0.3, -0.25) is 0 Å². The Hall–Kier alpha value is -1.98. The number of benzene rings is 1. The number of piperazine rings is 1. The molecule has 0 spiro atoms. The van der Waals surface area contributed by atoms with E-state index in [0.29, 0.717) is 0 Å². The minimum absolute atomic E-state index is 0.850. The van der Waals surface area contributed by atoms with Crippen molar-refractivity contribution in [2.75, 3.05) is 38.7 Å². The van der Waals surface area contributed by atoms with Gasteiger partial charge >= 0.3 is 0 Å². The van der Waals surface area contributed by atoms with Gasteiger partial charge in [0.05, 0.1) is 5.69 Å². The number of hydrogen-bond donors (Lipinski definition) is 1. The van der Waals surface area contributed by atoms with E-state index in [-0.39, 0.29) is 0 Å². The quantitative estimate of drug-likeness (QED) is 0.919. The van der Waals surface area contributed by atoms with Gasteiger partial charge in [0.25, 0.3) is 0 Å². The number of anilines is 1. The van der Waals surface area contributed by atoms with E-state index in [4.69, 9.17) is 0 Å². The summed E-state index contributed by atoms with van der Waals surface area (Å²) in [6.45, 7) is 4.15. The van der Waals surface area contributed by atoms with Crippen LogP contribution in [-0.4, -0.2) is 53.1 Å². The Morgan fingerprint density at radius 1 is 1.00 bits per heavy atom. The van der Waals surface area contributed by atoms with Crippen molar-refractivity contribution in [3.8, 4) is 11.3 Å². The first-order chi connectivity index (χ1) is 9.81. The molecular formula is C15H19N5. The predicted octanol–water partition coefficient (Wildman–Crippen LogP) is 1.72. The zero-order valence-corrected chi connectivity index (χ0v) is 11.7. The Bertz CT molecular complexity index is 549. The van der Waals surface area contributed by atoms with Crippen LogP contribution in [0.15, 0.2) is 42.7 Å². The van der Waals surface area contributed by atoms with Gasteiger partial charge in [-0.2, -0.15) is 0 Å². The van der Waals surface area contributed by atoms with E-state index in [9.17, 15) is 0 Å². The highest BCUT2D eigenvalue weighted by molar-refractivity contribution is 5.61. The molecule has 0 amide bonds. The Labute approximate surface area is 119 Å². The van der Waals surface area contributed by atoms with Gasteiger partial charge in [0.2, 0.25) is 0 Å². The van der Waals surface area contributed by atoms with Gasteiger partial charge in [-0.25, -0.2) is 15.0 Å². The second kappa shape index (κ2) is 5.98. The van der Waals surface area contributed by atoms with Crippen LogP contribution < -0.4 is 5.43 Å². The van der Waals surface area contributed by atoms with Crippen LogP contribution >= 0.6 is 0 Å². The van der Waals surface area contributed by atoms with E-state index in [0.717, 1.165) is 43.3 Å². The van der Waals surface area contributed by atoms with E-state index >= 15 is 0 Å². The van der Waals surface area contributed by atoms with E-state index < -0.39 is 0 Å². The third kappa shape index (κ3) is 3.12. The van der Waals surface area contributed by atoms with Crippen molar-refractivity contribution in [3.05, 3.63) is 42.7 Å². The first kappa shape index (κ1) is 13.0. The zero-order valence-electron chi connectivity index (χ0n) is 11.7. The van der Waals surface area contributed by atoms with E-state index in [2.05, 4.69) is 44.5 Å². The molecule has 1 aromatic carbocycles. The molecule has 0 atom stereocenters. The summed E-state index contributed by atoms with van der Waals surface area (Å²) in [5.41, 5.74) is 5.42. The number of hydrazine groups is 1. The van der Waals surface area contributed by atoms with Gasteiger partial charge in [0.15, 0.2) is 0 Å². The fraction of sp³-hybridized carbons (Fsp3) is 0.333. The number of likely N-dealkylation sites (N-methyl/N-ethyl adjacent to an activating group) is 1. The molecule has 1 aliphatic heterocycles. The Kier molecular flexibility index (Phi) is 3.90. The van der Waals surface area contributed by atoms with Gasteiger partial charge in [0.1, 0.15) is 12.1 Å². The van der Waals surface area contributed by atoms with E-state index in [1.54, 1.807) is 6.33 Å². The largest absolute Gasteiger partial charge is 0.304 e. The minimum Gasteiger partial charge on any atom is -0.304 e. The summed E-state index contributed by atoms with van der Waals surface area (Å²) in [4.78, 5) is 11.0. The second-order valence-corrected chi connectivity index (χ2v) is 5.06. The highest BCUT2D eigenvalue weighted by Gasteiger charge is 2.14. The lowest BCUT2D eigenvalue weighted by molar-refractivity contribution is 0.178. The molecule has 3 rings (SSSR count). The lowest BCUT2D eigenvalue weighted by Gasteiger charge is -2.32. The van der Waals surface area contributed by atoms with Crippen molar-refractivity contribution in [1.82, 2.24) is 19.9 Å². The van der Waals surface area contributed by atoms with E-state index in [1.807, 2.05) is 24.3 Å². The van der Waals surface area contributed by atoms with Crippen LogP contribution in [0.2, 0.25) is 0 Å². The van der Waals surface area contributed by atoms with Gasteiger partial charge in [-0.15, -0.1) is 0 Å². The van der Waals surface area contributed by atoms with Gasteiger partial charge in [-0.1, -0.05) is 30.3 Å². The van der Waals surface area contributed by atoms with Crippen molar-refractivity contribution >= 4 is 5.82 Å². The normalized spacial score (nSPS) is 17.1. The highest BCUT2D eigenvalue weighted by Crippen LogP contribution is 2.18. The molecule has 2 aromatic rings. The van der Waals surface area contributed by atoms with E-state index in [1.165, 1.54) is 0 Å². The molecule has 20 heavy (non-hydrogen) atoms. The van der Waals surface area contributed by atoms with Crippen molar-refractivity contribution in [2.24, 2.45) is 0 Å². The summed E-state index contributed by atoms with van der Waals surface area (Å²) in [6, 6.07) is 12.2. The molecule has 0 radical (unpaired) electrons. The minimum atomic E-state index is 0.850. The lowest BCUT2D eigenvalue weighted by Crippen LogP contribution is -2.47. The maximum atomic E-state index is 4.34. The molecule has 5 heteroatoms. The Balaban J connectivity index is 1.72. The molecule has 0 bridgehead atoms. The molecule has 1 aliphatic rings. The monoisotopic (exact) mass is 269 g/mol. The molecular weight excluding hydrogens is 250 g/mol. The fourth-order valence-corrected chi connectivity index (χ4v) is 2.27. The first-order valence-corrected chi connectivity index (χ1v) is 6.89. The van der Waals surface area contributed by atoms with Crippen LogP contribution in [0, 0.1) is 0 Å². The summed E-state index contributed by atoms with van der Waals surface area (Å²) in [6.07, 6.45) is 1.61. The standard InChI is InChI=1S/C15H19N5/c1-19-7-9-20(10-8-19)18-15-11-14(16-12-17-15)13-5-3-2-4-6-13/h2-6,11-12H,7-10H2,1H3,(H,16,17,18). The molecule has 1 aromatic heterocycles. The van der Waals surface area contributed by atoms with Crippen molar-refractivity contribution in [2.45, 2.75) is 0 Å². The number of nitrogens with zero attached hydrogens (tertiary/aromatic N) is 4. The smallest absolute Gasteiger partial charge is 0.144 e. The Morgan fingerprint density at radius 2 is 1.75 bits per heavy atom. The van der Waals surface area contributed by atoms with Gasteiger partial charge in [0, 0.05) is 37.8 Å². The van der Waals surface area contributed by atoms with Crippen LogP contribution in [0.5, 0.6) is 0 Å². The number of aromatic nitrogens is 2. The van der Waals surface area contributed by atoms with Crippen molar-refractivity contribution in [3.63, 3.8) is 0 Å². The number of hydrogen-bond acceptors (Lipinski definition) is 5. The highest BCUT2D eigenvalue weighted by atomic mass is 15.5. The lowest BCUT2D eigenvalue weighted by atomic mass is 10.1. The van der Waals surface area contributed by atoms with Crippen molar-refractivity contribution < 1.29 is 0 Å². The molecule has 104 valence electrons. The topological polar surface area (TPSA) is 44.3 Å². The molecule has 0 aliphatic carbocycles. The SMILES string of the molecule is CN1CCN(Nc2cc(-c3ccccc3)ncn2)CC1. The van der Waals surface area contributed by atoms with Crippen LogP contribution in [0.25, 0.3) is 11.3 Å². The summed E-state index contributed by atoms with van der Waals surface area (Å²) in [5, 5.41) is 2.21. The molecule has 1 N–H and O–H groups in total. The van der Waals surface area contributed by atoms with Crippen LogP contribution in [-0.2, 0) is 0 Å². The third-order valence-corrected chi connectivity index (χ3v) is 3.51. The molecule has 2 heterocycles. The fourth-order valence-electron chi connectivity index (χ4n) is 2.27. The third-order valence-electron chi connectivity index (χ3n) is 3.51. The summed E-state index contributed by atoms with van der Waals surface area (Å²) < 4.78 is 0. The zero-order chi connectivity index (χ0) is 13.8. The van der Waals surface area contributed by atoms with Crippen LogP contribution in [0.3, 0.4) is 0 Å². The van der Waals surface area contributed by atoms with Crippen LogP contribution in [0.4, 0.5) is 5.82 Å². The summed E-state index contributed by atoms with van der Waals surface area (Å²) in [5.74, 6) is 0.850. The Morgan fingerprint density at radius 3 is 2.50 bits per heavy atom. The number of rotatable bonds is 3. The second-order valence-electron chi connectivity index (χ2n) is 5.06. The number of nitrogens with one attached hydrogen (secondary N) is 1. The molecule has 1 fully saturated rings. The molecule has 0 unspecified atom stereocenters. The maximum Gasteiger partial charge on any atom is 0.144 e. The molecule has 1 saturated heterocycles. The van der Waals surface area contributed by atoms with Crippen LogP contribution in [0.1, 0.15) is 0 Å². The first-order valence-electron chi connectivity index (χ1n) is 6.89. The molecule has 5 nitrogen and oxygen atoms in total. The predicted molar refractivity (Wildman–Crippen MR) is 80.2 cm³/mol. The average Bonchev–Trinajstić information content (AvgIpc) is 2.51. The van der Waals surface area contributed by atoms with Crippen molar-refractivity contribution in [1.29, 1.82) is 0 Å². The maximum absolute atomic E-state index is 4.34. The molecule has 0 saturated carbocycles. The average molecular weight is 269 g/mol. The summed E-state index contributed by atoms with van der Waals surface area (Å²) >= 11 is 0. The summed E-state index contributed by atoms with van der Waals surface area (Å²) in [7, 11) is 2.15. The van der Waals surface area contributed by atoms with Gasteiger partial charge < -0.3 is 10.3 Å².